The summed E-state index contributed by atoms with van der Waals surface area (Å²) >= 11 is 12.3. The first-order chi connectivity index (χ1) is 14.4. The smallest absolute Gasteiger partial charge is 0.358 e. The number of nitrogens with one attached hydrogen (secondary N) is 2. The van der Waals surface area contributed by atoms with Gasteiger partial charge in [-0.05, 0) is 29.8 Å². The molecule has 4 rings (SSSR count). The monoisotopic (exact) mass is 443 g/mol. The molecule has 1 heterocycles. The first-order valence-electron chi connectivity index (χ1n) is 9.13. The Morgan fingerprint density at radius 2 is 1.63 bits per heavy atom. The number of methoxy groups -OCH3 is 1. The normalized spacial score (nSPS) is 13.7. The van der Waals surface area contributed by atoms with Crippen LogP contribution in [0.25, 0.3) is 0 Å². The predicted molar refractivity (Wildman–Crippen MR) is 119 cm³/mol. The van der Waals surface area contributed by atoms with E-state index < -0.39 is 11.6 Å². The number of carbonyl (C=O) groups excluding carboxylic acids is 1. The van der Waals surface area contributed by atoms with E-state index in [1.54, 1.807) is 30.3 Å². The van der Waals surface area contributed by atoms with Gasteiger partial charge in [0.1, 0.15) is 12.4 Å². The topological polar surface area (TPSA) is 85.6 Å². The number of nitrogen functional groups attached to an aromatic ring is 1. The van der Waals surface area contributed by atoms with Crippen LogP contribution in [0.3, 0.4) is 0 Å². The molecule has 8 heteroatoms. The fraction of sp³-hybridized carbons (Fsp3) is 0.136. The highest BCUT2D eigenvalue weighted by Gasteiger charge is 2.47. The molecule has 3 aromatic carbocycles. The molecule has 0 fully saturated rings. The van der Waals surface area contributed by atoms with Crippen LogP contribution in [0.2, 0.25) is 10.0 Å². The van der Waals surface area contributed by atoms with Crippen molar-refractivity contribution in [1.82, 2.24) is 0 Å². The third-order valence-corrected chi connectivity index (χ3v) is 5.61. The van der Waals surface area contributed by atoms with Gasteiger partial charge < -0.3 is 25.8 Å². The average molecular weight is 444 g/mol. The minimum Gasteiger partial charge on any atom is -0.495 e. The van der Waals surface area contributed by atoms with Crippen molar-refractivity contribution < 1.29 is 14.3 Å². The molecule has 30 heavy (non-hydrogen) atoms. The van der Waals surface area contributed by atoms with E-state index in [1.807, 2.05) is 30.3 Å². The molecule has 0 spiro atoms. The van der Waals surface area contributed by atoms with Gasteiger partial charge in [0, 0.05) is 5.56 Å². The van der Waals surface area contributed by atoms with E-state index in [1.165, 1.54) is 7.11 Å². The Bertz CT molecular complexity index is 1080. The van der Waals surface area contributed by atoms with E-state index in [0.29, 0.717) is 38.4 Å². The maximum Gasteiger partial charge on any atom is 0.358 e. The SMILES string of the molecule is COc1ccc(C2(C(=O)OCc3ccccc3)Nc3cc(Cl)c(Cl)cc3N2)cc1N. The zero-order chi connectivity index (χ0) is 21.3. The van der Waals surface area contributed by atoms with Gasteiger partial charge in [0.05, 0.1) is 34.2 Å². The van der Waals surface area contributed by atoms with Gasteiger partial charge in [-0.3, -0.25) is 0 Å². The minimum atomic E-state index is -1.41. The van der Waals surface area contributed by atoms with Gasteiger partial charge in [-0.1, -0.05) is 59.6 Å². The summed E-state index contributed by atoms with van der Waals surface area (Å²) in [7, 11) is 1.53. The molecule has 0 amide bonds. The molecule has 1 aliphatic rings. The minimum absolute atomic E-state index is 0.119. The fourth-order valence-corrected chi connectivity index (χ4v) is 3.68. The van der Waals surface area contributed by atoms with Crippen LogP contribution < -0.4 is 21.1 Å². The van der Waals surface area contributed by atoms with E-state index >= 15 is 0 Å². The van der Waals surface area contributed by atoms with Crippen molar-refractivity contribution in [3.05, 3.63) is 81.8 Å². The van der Waals surface area contributed by atoms with E-state index in [0.717, 1.165) is 5.56 Å². The predicted octanol–water partition coefficient (Wildman–Crippen LogP) is 5.02. The lowest BCUT2D eigenvalue weighted by atomic mass is 9.99. The molecule has 154 valence electrons. The molecule has 0 saturated heterocycles. The molecule has 3 aromatic rings. The second kappa shape index (κ2) is 7.97. The third kappa shape index (κ3) is 3.60. The number of halogens is 2. The summed E-state index contributed by atoms with van der Waals surface area (Å²) in [4.78, 5) is 13.4. The summed E-state index contributed by atoms with van der Waals surface area (Å²) in [5.41, 5.74) is 7.75. The number of hydrogen-bond acceptors (Lipinski definition) is 6. The van der Waals surface area contributed by atoms with Crippen LogP contribution in [0, 0.1) is 0 Å². The Morgan fingerprint density at radius 3 is 2.20 bits per heavy atom. The van der Waals surface area contributed by atoms with Crippen molar-refractivity contribution in [2.24, 2.45) is 0 Å². The molecule has 0 unspecified atom stereocenters. The Balaban J connectivity index is 1.72. The highest BCUT2D eigenvalue weighted by molar-refractivity contribution is 6.42. The number of esters is 1. The van der Waals surface area contributed by atoms with Crippen LogP contribution in [0.4, 0.5) is 17.1 Å². The van der Waals surface area contributed by atoms with Crippen molar-refractivity contribution in [1.29, 1.82) is 0 Å². The number of fused-ring (bicyclic) bond motifs is 1. The number of anilines is 3. The van der Waals surface area contributed by atoms with Crippen molar-refractivity contribution in [3.8, 4) is 5.75 Å². The number of carbonyl (C=O) groups is 1. The summed E-state index contributed by atoms with van der Waals surface area (Å²) in [5.74, 6) is -0.0208. The standard InChI is InChI=1S/C22H19Cl2N3O3/c1-29-20-8-7-14(9-17(20)25)22(21(28)30-12-13-5-3-2-4-6-13)26-18-10-15(23)16(24)11-19(18)27-22/h2-11,26-27H,12,25H2,1H3. The second-order valence-corrected chi connectivity index (χ2v) is 7.64. The zero-order valence-electron chi connectivity index (χ0n) is 16.0. The quantitative estimate of drug-likeness (QED) is 0.379. The van der Waals surface area contributed by atoms with Crippen LogP contribution >= 0.6 is 23.2 Å². The molecule has 0 bridgehead atoms. The number of nitrogens with two attached hydrogens (primary N) is 1. The van der Waals surface area contributed by atoms with Gasteiger partial charge in [0.25, 0.3) is 0 Å². The molecule has 0 radical (unpaired) electrons. The zero-order valence-corrected chi connectivity index (χ0v) is 17.6. The van der Waals surface area contributed by atoms with Crippen molar-refractivity contribution >= 4 is 46.2 Å². The molecule has 0 saturated carbocycles. The molecular weight excluding hydrogens is 425 g/mol. The lowest BCUT2D eigenvalue weighted by Gasteiger charge is -2.29. The maximum atomic E-state index is 13.4. The molecule has 6 nitrogen and oxygen atoms in total. The highest BCUT2D eigenvalue weighted by Crippen LogP contribution is 2.44. The summed E-state index contributed by atoms with van der Waals surface area (Å²) in [5, 5.41) is 7.15. The van der Waals surface area contributed by atoms with Gasteiger partial charge in [-0.2, -0.15) is 0 Å². The summed E-state index contributed by atoms with van der Waals surface area (Å²) in [6.45, 7) is 0.119. The van der Waals surface area contributed by atoms with E-state index in [-0.39, 0.29) is 6.61 Å². The van der Waals surface area contributed by atoms with Gasteiger partial charge in [-0.15, -0.1) is 0 Å². The summed E-state index contributed by atoms with van der Waals surface area (Å²) < 4.78 is 10.9. The van der Waals surface area contributed by atoms with Crippen molar-refractivity contribution in [2.75, 3.05) is 23.5 Å². The molecule has 4 N–H and O–H groups in total. The van der Waals surface area contributed by atoms with Crippen LogP contribution in [0.1, 0.15) is 11.1 Å². The Hall–Kier alpha value is -3.09. The first kappa shape index (κ1) is 20.2. The Kier molecular flexibility index (Phi) is 5.37. The number of ether oxygens (including phenoxy) is 2. The van der Waals surface area contributed by atoms with Crippen LogP contribution in [-0.4, -0.2) is 13.1 Å². The number of benzene rings is 3. The van der Waals surface area contributed by atoms with Crippen molar-refractivity contribution in [2.45, 2.75) is 12.3 Å². The van der Waals surface area contributed by atoms with Crippen LogP contribution in [0.15, 0.2) is 60.7 Å². The summed E-state index contributed by atoms with van der Waals surface area (Å²) in [6.07, 6.45) is 0. The Labute approximate surface area is 183 Å². The van der Waals surface area contributed by atoms with E-state index in [9.17, 15) is 4.79 Å². The number of rotatable bonds is 5. The van der Waals surface area contributed by atoms with Gasteiger partial charge in [-0.25, -0.2) is 4.79 Å². The van der Waals surface area contributed by atoms with E-state index in [2.05, 4.69) is 10.6 Å². The number of hydrogen-bond donors (Lipinski definition) is 3. The van der Waals surface area contributed by atoms with Crippen molar-refractivity contribution in [3.63, 3.8) is 0 Å². The molecule has 0 aromatic heterocycles. The molecule has 0 atom stereocenters. The van der Waals surface area contributed by atoms with Crippen LogP contribution in [0.5, 0.6) is 5.75 Å². The van der Waals surface area contributed by atoms with Gasteiger partial charge in [0.15, 0.2) is 0 Å². The molecule has 1 aliphatic heterocycles. The lowest BCUT2D eigenvalue weighted by molar-refractivity contribution is -0.149. The molecule has 0 aliphatic carbocycles. The van der Waals surface area contributed by atoms with Gasteiger partial charge in [0.2, 0.25) is 5.66 Å². The molecular formula is C22H19Cl2N3O3. The Morgan fingerprint density at radius 1 is 1.00 bits per heavy atom. The second-order valence-electron chi connectivity index (χ2n) is 6.83. The lowest BCUT2D eigenvalue weighted by Crippen LogP contribution is -2.47. The average Bonchev–Trinajstić information content (AvgIpc) is 3.12. The van der Waals surface area contributed by atoms with Crippen LogP contribution in [-0.2, 0) is 21.8 Å². The first-order valence-corrected chi connectivity index (χ1v) is 9.89. The third-order valence-electron chi connectivity index (χ3n) is 4.89. The fourth-order valence-electron chi connectivity index (χ4n) is 3.35. The highest BCUT2D eigenvalue weighted by atomic mass is 35.5. The maximum absolute atomic E-state index is 13.4. The van der Waals surface area contributed by atoms with Gasteiger partial charge >= 0.3 is 5.97 Å². The largest absolute Gasteiger partial charge is 0.495 e. The summed E-state index contributed by atoms with van der Waals surface area (Å²) in [6, 6.07) is 17.9. The van der Waals surface area contributed by atoms with E-state index in [4.69, 9.17) is 38.4 Å².